The molecule has 0 saturated heterocycles. The number of rotatable bonds is 9. The maximum Gasteiger partial charge on any atom is 0.0277 e. The summed E-state index contributed by atoms with van der Waals surface area (Å²) in [6.07, 6.45) is 0. The topological polar surface area (TPSA) is 36.1 Å². The SMILES string of the molecule is CNC(CS)CNCCNC(C)CS. The lowest BCUT2D eigenvalue weighted by atomic mass is 10.3. The molecule has 0 fully saturated rings. The Morgan fingerprint density at radius 1 is 1.14 bits per heavy atom. The largest absolute Gasteiger partial charge is 0.315 e. The van der Waals surface area contributed by atoms with Crippen LogP contribution in [0.1, 0.15) is 6.92 Å². The summed E-state index contributed by atoms with van der Waals surface area (Å²) in [7, 11) is 1.96. The molecule has 0 aliphatic carbocycles. The highest BCUT2D eigenvalue weighted by Gasteiger charge is 2.01. The lowest BCUT2D eigenvalue weighted by Gasteiger charge is -2.15. The summed E-state index contributed by atoms with van der Waals surface area (Å²) >= 11 is 8.44. The van der Waals surface area contributed by atoms with Crippen LogP contribution >= 0.6 is 25.3 Å². The molecule has 0 amide bonds. The molecule has 0 radical (unpaired) electrons. The zero-order chi connectivity index (χ0) is 10.8. The minimum Gasteiger partial charge on any atom is -0.315 e. The van der Waals surface area contributed by atoms with Crippen molar-refractivity contribution < 1.29 is 0 Å². The fourth-order valence-corrected chi connectivity index (χ4v) is 1.45. The first-order valence-electron chi connectivity index (χ1n) is 5.07. The summed E-state index contributed by atoms with van der Waals surface area (Å²) in [6.45, 7) is 5.09. The predicted octanol–water partition coefficient (Wildman–Crippen LogP) is 0.00170. The van der Waals surface area contributed by atoms with Crippen molar-refractivity contribution in [2.45, 2.75) is 19.0 Å². The van der Waals surface area contributed by atoms with E-state index < -0.39 is 0 Å². The Morgan fingerprint density at radius 3 is 2.36 bits per heavy atom. The summed E-state index contributed by atoms with van der Waals surface area (Å²) in [4.78, 5) is 0. The molecule has 14 heavy (non-hydrogen) atoms. The molecule has 5 heteroatoms. The monoisotopic (exact) mass is 237 g/mol. The van der Waals surface area contributed by atoms with E-state index in [-0.39, 0.29) is 0 Å². The molecule has 0 aromatic rings. The average Bonchev–Trinajstić information content (AvgIpc) is 2.23. The van der Waals surface area contributed by atoms with Crippen LogP contribution in [0.5, 0.6) is 0 Å². The maximum absolute atomic E-state index is 4.24. The quantitative estimate of drug-likeness (QED) is 0.289. The molecule has 0 aromatic heterocycles. The molecule has 0 aliphatic heterocycles. The van der Waals surface area contributed by atoms with Gasteiger partial charge in [0.25, 0.3) is 0 Å². The second-order valence-electron chi connectivity index (χ2n) is 3.41. The van der Waals surface area contributed by atoms with Gasteiger partial charge in [-0.3, -0.25) is 0 Å². The van der Waals surface area contributed by atoms with Gasteiger partial charge in [0.1, 0.15) is 0 Å². The highest BCUT2D eigenvalue weighted by atomic mass is 32.1. The third kappa shape index (κ3) is 7.94. The summed E-state index contributed by atoms with van der Waals surface area (Å²) in [6, 6.07) is 0.950. The van der Waals surface area contributed by atoms with E-state index in [1.165, 1.54) is 0 Å². The van der Waals surface area contributed by atoms with Gasteiger partial charge in [0.15, 0.2) is 0 Å². The van der Waals surface area contributed by atoms with Gasteiger partial charge >= 0.3 is 0 Å². The summed E-state index contributed by atoms with van der Waals surface area (Å²) in [5.41, 5.74) is 0. The van der Waals surface area contributed by atoms with Crippen molar-refractivity contribution in [3.63, 3.8) is 0 Å². The van der Waals surface area contributed by atoms with E-state index in [0.717, 1.165) is 31.1 Å². The molecule has 3 N–H and O–H groups in total. The molecule has 0 spiro atoms. The van der Waals surface area contributed by atoms with Gasteiger partial charge in [-0.05, 0) is 14.0 Å². The Morgan fingerprint density at radius 2 is 1.86 bits per heavy atom. The van der Waals surface area contributed by atoms with Crippen LogP contribution in [-0.4, -0.2) is 50.3 Å². The Hall–Kier alpha value is 0.580. The van der Waals surface area contributed by atoms with E-state index in [4.69, 9.17) is 0 Å². The summed E-state index contributed by atoms with van der Waals surface area (Å²) in [5.74, 6) is 1.75. The number of hydrogen-bond donors (Lipinski definition) is 5. The van der Waals surface area contributed by atoms with Gasteiger partial charge in [0.05, 0.1) is 0 Å². The third-order valence-electron chi connectivity index (χ3n) is 2.09. The molecule has 0 aliphatic rings. The van der Waals surface area contributed by atoms with Crippen LogP contribution in [-0.2, 0) is 0 Å². The van der Waals surface area contributed by atoms with Gasteiger partial charge in [0.2, 0.25) is 0 Å². The Kier molecular flexibility index (Phi) is 10.5. The highest BCUT2D eigenvalue weighted by molar-refractivity contribution is 7.80. The highest BCUT2D eigenvalue weighted by Crippen LogP contribution is 1.85. The van der Waals surface area contributed by atoms with Crippen LogP contribution < -0.4 is 16.0 Å². The van der Waals surface area contributed by atoms with Crippen molar-refractivity contribution in [1.82, 2.24) is 16.0 Å². The van der Waals surface area contributed by atoms with Gasteiger partial charge in [-0.2, -0.15) is 25.3 Å². The van der Waals surface area contributed by atoms with Gasteiger partial charge in [-0.15, -0.1) is 0 Å². The van der Waals surface area contributed by atoms with Crippen molar-refractivity contribution in [2.24, 2.45) is 0 Å². The molecule has 2 unspecified atom stereocenters. The number of likely N-dealkylation sites (N-methyl/N-ethyl adjacent to an activating group) is 1. The lowest BCUT2D eigenvalue weighted by molar-refractivity contribution is 0.518. The van der Waals surface area contributed by atoms with Crippen molar-refractivity contribution in [3.8, 4) is 0 Å². The molecule has 0 aromatic carbocycles. The minimum absolute atomic E-state index is 0.459. The number of nitrogens with one attached hydrogen (secondary N) is 3. The normalized spacial score (nSPS) is 15.4. The fraction of sp³-hybridized carbons (Fsp3) is 1.00. The molecule has 3 nitrogen and oxygen atoms in total. The second kappa shape index (κ2) is 10.1. The van der Waals surface area contributed by atoms with Gasteiger partial charge < -0.3 is 16.0 Å². The average molecular weight is 237 g/mol. The van der Waals surface area contributed by atoms with Crippen molar-refractivity contribution >= 4 is 25.3 Å². The van der Waals surface area contributed by atoms with Gasteiger partial charge in [-0.25, -0.2) is 0 Å². The standard InChI is InChI=1S/C9H23N3S2/c1-8(6-13)12-4-3-11-5-9(7-14)10-2/h8-14H,3-7H2,1-2H3. The first kappa shape index (κ1) is 14.6. The molecule has 0 saturated carbocycles. The van der Waals surface area contributed by atoms with E-state index in [1.807, 2.05) is 7.05 Å². The fourth-order valence-electron chi connectivity index (χ4n) is 1.01. The number of thiol groups is 2. The second-order valence-corrected chi connectivity index (χ2v) is 4.14. The van der Waals surface area contributed by atoms with Crippen molar-refractivity contribution in [2.75, 3.05) is 38.2 Å². The van der Waals surface area contributed by atoms with Gasteiger partial charge in [-0.1, -0.05) is 0 Å². The van der Waals surface area contributed by atoms with E-state index in [9.17, 15) is 0 Å². The zero-order valence-corrected chi connectivity index (χ0v) is 10.9. The molecule has 0 heterocycles. The first-order chi connectivity index (χ1) is 6.74. The zero-order valence-electron chi connectivity index (χ0n) is 9.08. The first-order valence-corrected chi connectivity index (χ1v) is 6.34. The van der Waals surface area contributed by atoms with Crippen LogP contribution in [0.15, 0.2) is 0 Å². The molecule has 0 rings (SSSR count). The molecular weight excluding hydrogens is 214 g/mol. The Labute approximate surface area is 98.6 Å². The van der Waals surface area contributed by atoms with Crippen LogP contribution in [0, 0.1) is 0 Å². The van der Waals surface area contributed by atoms with Crippen LogP contribution in [0.3, 0.4) is 0 Å². The van der Waals surface area contributed by atoms with E-state index in [0.29, 0.717) is 12.1 Å². The lowest BCUT2D eigenvalue weighted by Crippen LogP contribution is -2.41. The van der Waals surface area contributed by atoms with Crippen molar-refractivity contribution in [3.05, 3.63) is 0 Å². The molecule has 2 atom stereocenters. The third-order valence-corrected chi connectivity index (χ3v) is 3.08. The van der Waals surface area contributed by atoms with Gasteiger partial charge in [0, 0.05) is 43.2 Å². The van der Waals surface area contributed by atoms with E-state index >= 15 is 0 Å². The molecule has 0 bridgehead atoms. The maximum atomic E-state index is 4.24. The minimum atomic E-state index is 0.459. The summed E-state index contributed by atoms with van der Waals surface area (Å²) < 4.78 is 0. The van der Waals surface area contributed by atoms with E-state index in [2.05, 4.69) is 48.1 Å². The van der Waals surface area contributed by atoms with Crippen LogP contribution in [0.2, 0.25) is 0 Å². The number of hydrogen-bond acceptors (Lipinski definition) is 5. The Bertz CT molecular complexity index is 121. The van der Waals surface area contributed by atoms with Crippen LogP contribution in [0.4, 0.5) is 0 Å². The molecule has 86 valence electrons. The smallest absolute Gasteiger partial charge is 0.0277 e. The van der Waals surface area contributed by atoms with Crippen molar-refractivity contribution in [1.29, 1.82) is 0 Å². The van der Waals surface area contributed by atoms with Crippen LogP contribution in [0.25, 0.3) is 0 Å². The Balaban J connectivity index is 3.20. The molecular formula is C9H23N3S2. The summed E-state index contributed by atoms with van der Waals surface area (Å²) in [5, 5.41) is 9.92. The predicted molar refractivity (Wildman–Crippen MR) is 70.9 cm³/mol. The van der Waals surface area contributed by atoms with E-state index in [1.54, 1.807) is 0 Å².